The second-order valence-corrected chi connectivity index (χ2v) is 11.0. The van der Waals surface area contributed by atoms with Crippen LogP contribution in [0.4, 0.5) is 21.9 Å². The fourth-order valence-electron chi connectivity index (χ4n) is 6.59. The third kappa shape index (κ3) is 4.89. The molecule has 0 aromatic heterocycles. The first kappa shape index (κ1) is 25.0. The van der Waals surface area contributed by atoms with Crippen LogP contribution in [0.1, 0.15) is 47.8 Å². The van der Waals surface area contributed by atoms with Crippen LogP contribution in [-0.4, -0.2) is 51.2 Å². The molecule has 8 nitrogen and oxygen atoms in total. The van der Waals surface area contributed by atoms with E-state index in [9.17, 15) is 4.79 Å². The van der Waals surface area contributed by atoms with Gasteiger partial charge in [-0.15, -0.1) is 0 Å². The van der Waals surface area contributed by atoms with Crippen LogP contribution in [0.25, 0.3) is 11.1 Å². The Hall–Kier alpha value is -4.01. The summed E-state index contributed by atoms with van der Waals surface area (Å²) < 4.78 is 5.83. The predicted octanol–water partition coefficient (Wildman–Crippen LogP) is 5.55. The Labute approximate surface area is 234 Å². The average molecular weight is 534 g/mol. The average Bonchev–Trinajstić information content (AvgIpc) is 3.67. The highest BCUT2D eigenvalue weighted by molar-refractivity contribution is 6.03. The number of benzene rings is 3. The number of amides is 2. The molecule has 0 bridgehead atoms. The zero-order valence-corrected chi connectivity index (χ0v) is 22.4. The van der Waals surface area contributed by atoms with Gasteiger partial charge in [0.05, 0.1) is 24.3 Å². The Kier molecular flexibility index (Phi) is 6.79. The molecule has 3 unspecified atom stereocenters. The minimum absolute atomic E-state index is 0.270. The first-order valence-electron chi connectivity index (χ1n) is 14.2. The number of fused-ring (bicyclic) bond motifs is 1. The van der Waals surface area contributed by atoms with Gasteiger partial charge in [0, 0.05) is 24.3 Å². The van der Waals surface area contributed by atoms with Gasteiger partial charge in [-0.05, 0) is 78.1 Å². The number of nitrogens with one attached hydrogen (secondary N) is 2. The molecule has 203 valence electrons. The molecule has 4 aliphatic heterocycles. The first-order chi connectivity index (χ1) is 19.7. The van der Waals surface area contributed by atoms with Crippen molar-refractivity contribution in [2.75, 3.05) is 36.6 Å². The summed E-state index contributed by atoms with van der Waals surface area (Å²) in [7, 11) is 0. The standard InChI is InChI=1S/C32H33N6O2/c39-32-36-29-8-4-7-26(31(29)37-32)22-9-11-35-25(13-22)14-24-15-28(23-10-12-40-17-23)30(38-19-33-18-34-20-38)16-27(24)21-5-2-1-3-6-21/h1-8,15-16,18-19,22-23,25,35H,9-14,17,20H2,(H,36,39). The highest BCUT2D eigenvalue weighted by Gasteiger charge is 2.31. The van der Waals surface area contributed by atoms with Crippen LogP contribution in [-0.2, 0) is 11.2 Å². The monoisotopic (exact) mass is 533 g/mol. The Balaban J connectivity index is 1.24. The number of carbonyl (C=O) groups is 1. The van der Waals surface area contributed by atoms with Crippen molar-refractivity contribution in [3.63, 3.8) is 0 Å². The van der Waals surface area contributed by atoms with Crippen LogP contribution in [0.2, 0.25) is 0 Å². The second-order valence-electron chi connectivity index (χ2n) is 11.0. The molecule has 4 aliphatic rings. The molecule has 0 spiro atoms. The number of carbonyl (C=O) groups excluding carboxylic acids is 1. The van der Waals surface area contributed by atoms with Crippen molar-refractivity contribution in [1.29, 1.82) is 0 Å². The zero-order chi connectivity index (χ0) is 26.9. The molecule has 8 heteroatoms. The summed E-state index contributed by atoms with van der Waals surface area (Å²) in [4.78, 5) is 22.9. The minimum atomic E-state index is -0.270. The molecule has 3 aromatic carbocycles. The van der Waals surface area contributed by atoms with E-state index in [1.807, 2.05) is 18.5 Å². The number of hydrogen-bond acceptors (Lipinski definition) is 6. The van der Waals surface area contributed by atoms with Crippen molar-refractivity contribution >= 4 is 35.8 Å². The highest BCUT2D eigenvalue weighted by atomic mass is 16.5. The summed E-state index contributed by atoms with van der Waals surface area (Å²) in [6.07, 6.45) is 7.45. The molecule has 0 saturated carbocycles. The van der Waals surface area contributed by atoms with Crippen molar-refractivity contribution in [3.8, 4) is 11.1 Å². The second kappa shape index (κ2) is 10.9. The molecular weight excluding hydrogens is 500 g/mol. The van der Waals surface area contributed by atoms with Crippen LogP contribution < -0.4 is 20.9 Å². The number of aliphatic imine (C=N–C) groups is 2. The van der Waals surface area contributed by atoms with E-state index in [1.54, 1.807) is 6.34 Å². The van der Waals surface area contributed by atoms with Crippen LogP contribution >= 0.6 is 0 Å². The number of rotatable bonds is 6. The summed E-state index contributed by atoms with van der Waals surface area (Å²) in [6, 6.07) is 21.6. The van der Waals surface area contributed by atoms with Gasteiger partial charge in [0.15, 0.2) is 0 Å². The van der Waals surface area contributed by atoms with Crippen molar-refractivity contribution < 1.29 is 9.53 Å². The van der Waals surface area contributed by atoms with Crippen molar-refractivity contribution in [3.05, 3.63) is 77.4 Å². The summed E-state index contributed by atoms with van der Waals surface area (Å²) in [5.41, 5.74) is 9.09. The fourth-order valence-corrected chi connectivity index (χ4v) is 6.59. The topological polar surface area (TPSA) is 92.4 Å². The number of hydrogen-bond donors (Lipinski definition) is 2. The molecule has 2 N–H and O–H groups in total. The van der Waals surface area contributed by atoms with E-state index >= 15 is 0 Å². The van der Waals surface area contributed by atoms with Gasteiger partial charge in [-0.1, -0.05) is 48.5 Å². The molecule has 0 aliphatic carbocycles. The Morgan fingerprint density at radius 1 is 1.00 bits per heavy atom. The number of piperidine rings is 1. The van der Waals surface area contributed by atoms with Crippen molar-refractivity contribution in [1.82, 2.24) is 10.6 Å². The third-order valence-corrected chi connectivity index (χ3v) is 8.53. The lowest BCUT2D eigenvalue weighted by molar-refractivity contribution is 0.194. The molecule has 4 heterocycles. The SMILES string of the molecule is O=C1[N]c2c(cccc2C2CCNC(Cc3cc(C4CCOC4)c(N4C=NC=NC4)cc3-c3ccccc3)C2)N1. The van der Waals surface area contributed by atoms with Crippen molar-refractivity contribution in [2.24, 2.45) is 9.98 Å². The van der Waals surface area contributed by atoms with E-state index in [2.05, 4.69) is 79.4 Å². The number of para-hydroxylation sites is 1. The van der Waals surface area contributed by atoms with Gasteiger partial charge in [-0.3, -0.25) is 4.99 Å². The Bertz CT molecular complexity index is 1460. The first-order valence-corrected chi connectivity index (χ1v) is 14.2. The maximum Gasteiger partial charge on any atom is 0.346 e. The zero-order valence-electron chi connectivity index (χ0n) is 22.4. The van der Waals surface area contributed by atoms with Gasteiger partial charge in [0.1, 0.15) is 13.0 Å². The normalized spacial score (nSPS) is 23.6. The smallest absolute Gasteiger partial charge is 0.346 e. The van der Waals surface area contributed by atoms with Gasteiger partial charge in [0.2, 0.25) is 0 Å². The van der Waals surface area contributed by atoms with E-state index in [-0.39, 0.29) is 6.03 Å². The number of ether oxygens (including phenoxy) is 1. The summed E-state index contributed by atoms with van der Waals surface area (Å²) >= 11 is 0. The summed E-state index contributed by atoms with van der Waals surface area (Å²) in [5.74, 6) is 0.700. The number of nitrogens with zero attached hydrogens (tertiary/aromatic N) is 4. The lowest BCUT2D eigenvalue weighted by Crippen LogP contribution is -2.39. The molecule has 3 aromatic rings. The van der Waals surface area contributed by atoms with E-state index in [1.165, 1.54) is 27.8 Å². The molecular formula is C32H33N6O2. The minimum Gasteiger partial charge on any atom is -0.381 e. The van der Waals surface area contributed by atoms with Crippen molar-refractivity contribution in [2.45, 2.75) is 43.6 Å². The third-order valence-electron chi connectivity index (χ3n) is 8.53. The van der Waals surface area contributed by atoms with Crippen LogP contribution in [0.5, 0.6) is 0 Å². The quantitative estimate of drug-likeness (QED) is 0.435. The van der Waals surface area contributed by atoms with Gasteiger partial charge in [-0.25, -0.2) is 9.79 Å². The lowest BCUT2D eigenvalue weighted by Gasteiger charge is -2.33. The molecule has 2 saturated heterocycles. The van der Waals surface area contributed by atoms with Gasteiger partial charge in [0.25, 0.3) is 0 Å². The van der Waals surface area contributed by atoms with Crippen LogP contribution in [0.3, 0.4) is 0 Å². The van der Waals surface area contributed by atoms with Gasteiger partial charge in [-0.2, -0.15) is 5.32 Å². The largest absolute Gasteiger partial charge is 0.381 e. The van der Waals surface area contributed by atoms with Gasteiger partial charge >= 0.3 is 6.03 Å². The molecule has 2 amide bonds. The molecule has 2 fully saturated rings. The van der Waals surface area contributed by atoms with Crippen LogP contribution in [0, 0.1) is 0 Å². The molecule has 7 rings (SSSR count). The summed E-state index contributed by atoms with van der Waals surface area (Å²) in [6.45, 7) is 3.03. The maximum absolute atomic E-state index is 12.0. The number of urea groups is 1. The molecule has 1 radical (unpaired) electrons. The summed E-state index contributed by atoms with van der Waals surface area (Å²) in [5, 5.41) is 11.0. The molecule has 40 heavy (non-hydrogen) atoms. The highest BCUT2D eigenvalue weighted by Crippen LogP contribution is 2.42. The molecule has 3 atom stereocenters. The lowest BCUT2D eigenvalue weighted by atomic mass is 9.81. The van der Waals surface area contributed by atoms with E-state index in [0.29, 0.717) is 24.5 Å². The fraction of sp³-hybridized carbons (Fsp3) is 0.344. The Morgan fingerprint density at radius 2 is 1.93 bits per heavy atom. The van der Waals surface area contributed by atoms with Crippen LogP contribution in [0.15, 0.2) is 70.6 Å². The van der Waals surface area contributed by atoms with E-state index in [0.717, 1.165) is 62.5 Å². The maximum atomic E-state index is 12.0. The predicted molar refractivity (Wildman–Crippen MR) is 159 cm³/mol. The van der Waals surface area contributed by atoms with E-state index in [4.69, 9.17) is 4.74 Å². The number of anilines is 2. The van der Waals surface area contributed by atoms with E-state index < -0.39 is 0 Å². The Morgan fingerprint density at radius 3 is 2.75 bits per heavy atom. The van der Waals surface area contributed by atoms with Gasteiger partial charge < -0.3 is 20.3 Å².